The van der Waals surface area contributed by atoms with Crippen molar-refractivity contribution in [3.05, 3.63) is 27.2 Å². The van der Waals surface area contributed by atoms with Crippen molar-refractivity contribution >= 4 is 39.9 Å². The van der Waals surface area contributed by atoms with E-state index in [1.807, 2.05) is 11.8 Å². The normalized spacial score (nSPS) is 14.5. The largest absolute Gasteiger partial charge is 0.477 e. The van der Waals surface area contributed by atoms with Gasteiger partial charge >= 0.3 is 5.97 Å². The molecule has 2 aromatic rings. The van der Waals surface area contributed by atoms with Crippen LogP contribution in [0.5, 0.6) is 0 Å². The van der Waals surface area contributed by atoms with Crippen LogP contribution in [0.15, 0.2) is 0 Å². The third kappa shape index (κ3) is 3.21. The van der Waals surface area contributed by atoms with Crippen LogP contribution in [0.3, 0.4) is 0 Å². The number of carbonyl (C=O) groups is 2. The molecule has 10 heteroatoms. The molecule has 134 valence electrons. The minimum Gasteiger partial charge on any atom is -0.477 e. The van der Waals surface area contributed by atoms with Crippen molar-refractivity contribution in [1.82, 2.24) is 19.9 Å². The van der Waals surface area contributed by atoms with Gasteiger partial charge in [-0.1, -0.05) is 29.9 Å². The van der Waals surface area contributed by atoms with Crippen LogP contribution in [0, 0.1) is 6.92 Å². The second-order valence-electron chi connectivity index (χ2n) is 5.90. The molecule has 0 aliphatic carbocycles. The predicted octanol–water partition coefficient (Wildman–Crippen LogP) is 2.05. The summed E-state index contributed by atoms with van der Waals surface area (Å²) in [7, 11) is 1.72. The van der Waals surface area contributed by atoms with Crippen LogP contribution in [0.4, 0.5) is 5.13 Å². The van der Waals surface area contributed by atoms with Crippen LogP contribution in [-0.4, -0.2) is 63.0 Å². The Morgan fingerprint density at radius 1 is 1.44 bits per heavy atom. The number of amides is 1. The monoisotopic (exact) mass is 383 g/mol. The van der Waals surface area contributed by atoms with Crippen LogP contribution >= 0.6 is 22.9 Å². The van der Waals surface area contributed by atoms with Crippen molar-refractivity contribution in [2.24, 2.45) is 0 Å². The molecule has 0 unspecified atom stereocenters. The van der Waals surface area contributed by atoms with Gasteiger partial charge in [0.15, 0.2) is 16.1 Å². The number of hydrogen-bond donors (Lipinski definition) is 2. The van der Waals surface area contributed by atoms with Gasteiger partial charge in [0.25, 0.3) is 5.91 Å². The number of carboxylic acids is 1. The molecule has 2 N–H and O–H groups in total. The number of aromatic nitrogens is 3. The van der Waals surface area contributed by atoms with Gasteiger partial charge in [0.1, 0.15) is 4.88 Å². The molecule has 0 aromatic carbocycles. The molecule has 0 bridgehead atoms. The van der Waals surface area contributed by atoms with Crippen molar-refractivity contribution in [2.75, 3.05) is 25.0 Å². The molecule has 1 aliphatic rings. The minimum absolute atomic E-state index is 0.0129. The molecule has 0 spiro atoms. The van der Waals surface area contributed by atoms with Gasteiger partial charge in [-0.15, -0.1) is 0 Å². The number of likely N-dealkylation sites (N-methyl/N-ethyl adjacent to an activating group) is 1. The van der Waals surface area contributed by atoms with Crippen LogP contribution in [0.2, 0.25) is 5.15 Å². The van der Waals surface area contributed by atoms with Crippen LogP contribution in [0.1, 0.15) is 38.6 Å². The molecule has 0 atom stereocenters. The third-order valence-corrected chi connectivity index (χ3v) is 5.78. The third-order valence-electron chi connectivity index (χ3n) is 4.26. The standard InChI is InChI=1S/C15H18ClN5O3S/c1-4-9-11(16)19-12(18-9)13(22)20(3)8-5-21(6-8)15-17-7(2)10(25-15)14(23)24/h8H,4-6H2,1-3H3,(H,18,19)(H,23,24). The number of nitrogens with one attached hydrogen (secondary N) is 1. The maximum absolute atomic E-state index is 12.5. The molecule has 1 saturated heterocycles. The summed E-state index contributed by atoms with van der Waals surface area (Å²) in [6.45, 7) is 4.82. The number of rotatable bonds is 5. The maximum atomic E-state index is 12.5. The highest BCUT2D eigenvalue weighted by Crippen LogP contribution is 2.30. The molecule has 8 nitrogen and oxygen atoms in total. The fraction of sp³-hybridized carbons (Fsp3) is 0.467. The zero-order valence-electron chi connectivity index (χ0n) is 14.0. The van der Waals surface area contributed by atoms with E-state index in [-0.39, 0.29) is 22.7 Å². The molecular weight excluding hydrogens is 366 g/mol. The number of aryl methyl sites for hydroxylation is 2. The summed E-state index contributed by atoms with van der Waals surface area (Å²) >= 11 is 7.15. The van der Waals surface area contributed by atoms with Gasteiger partial charge in [-0.25, -0.2) is 14.8 Å². The van der Waals surface area contributed by atoms with Crippen LogP contribution in [-0.2, 0) is 6.42 Å². The molecular formula is C15H18ClN5O3S. The van der Waals surface area contributed by atoms with Gasteiger partial charge < -0.3 is 19.9 Å². The zero-order valence-corrected chi connectivity index (χ0v) is 15.6. The van der Waals surface area contributed by atoms with E-state index >= 15 is 0 Å². The second-order valence-corrected chi connectivity index (χ2v) is 7.23. The highest BCUT2D eigenvalue weighted by atomic mass is 35.5. The number of H-pyrrole nitrogens is 1. The Morgan fingerprint density at radius 2 is 2.12 bits per heavy atom. The topological polar surface area (TPSA) is 102 Å². The van der Waals surface area contributed by atoms with Crippen LogP contribution in [0.25, 0.3) is 0 Å². The van der Waals surface area contributed by atoms with Crippen molar-refractivity contribution in [1.29, 1.82) is 0 Å². The molecule has 1 aliphatic heterocycles. The first-order chi connectivity index (χ1) is 11.8. The summed E-state index contributed by atoms with van der Waals surface area (Å²) in [6, 6.07) is 0.0129. The van der Waals surface area contributed by atoms with E-state index in [0.29, 0.717) is 35.5 Å². The smallest absolute Gasteiger partial charge is 0.347 e. The van der Waals surface area contributed by atoms with E-state index < -0.39 is 5.97 Å². The SMILES string of the molecule is CCc1[nH]c(C(=O)N(C)C2CN(c3nc(C)c(C(=O)O)s3)C2)nc1Cl. The van der Waals surface area contributed by atoms with E-state index in [2.05, 4.69) is 15.0 Å². The van der Waals surface area contributed by atoms with Crippen molar-refractivity contribution in [3.63, 3.8) is 0 Å². The number of aromatic carboxylic acids is 1. The summed E-state index contributed by atoms with van der Waals surface area (Å²) in [4.78, 5) is 38.8. The number of hydrogen-bond acceptors (Lipinski definition) is 6. The van der Waals surface area contributed by atoms with E-state index in [4.69, 9.17) is 16.7 Å². The lowest BCUT2D eigenvalue weighted by Crippen LogP contribution is -2.60. The number of nitrogens with zero attached hydrogens (tertiary/aromatic N) is 4. The van der Waals surface area contributed by atoms with Gasteiger partial charge in [-0.2, -0.15) is 0 Å². The fourth-order valence-corrected chi connectivity index (χ4v) is 3.82. The van der Waals surface area contributed by atoms with Crippen molar-refractivity contribution in [3.8, 4) is 0 Å². The Hall–Kier alpha value is -2.13. The van der Waals surface area contributed by atoms with E-state index in [9.17, 15) is 9.59 Å². The minimum atomic E-state index is -0.966. The van der Waals surface area contributed by atoms with Crippen molar-refractivity contribution in [2.45, 2.75) is 26.3 Å². The zero-order chi connectivity index (χ0) is 18.3. The Kier molecular flexibility index (Phi) is 4.70. The Labute approximate surface area is 153 Å². The summed E-state index contributed by atoms with van der Waals surface area (Å²) in [5.41, 5.74) is 1.26. The molecule has 1 amide bonds. The van der Waals surface area contributed by atoms with Crippen molar-refractivity contribution < 1.29 is 14.7 Å². The molecule has 0 saturated carbocycles. The number of anilines is 1. The summed E-state index contributed by atoms with van der Waals surface area (Å²) in [5, 5.41) is 10.1. The summed E-state index contributed by atoms with van der Waals surface area (Å²) < 4.78 is 0. The van der Waals surface area contributed by atoms with Gasteiger partial charge in [-0.05, 0) is 13.3 Å². The van der Waals surface area contributed by atoms with E-state index in [1.165, 1.54) is 0 Å². The summed E-state index contributed by atoms with van der Waals surface area (Å²) in [5.74, 6) is -0.944. The van der Waals surface area contributed by atoms with E-state index in [1.54, 1.807) is 18.9 Å². The Balaban J connectivity index is 1.64. The predicted molar refractivity (Wildman–Crippen MR) is 94.9 cm³/mol. The number of thiazole rings is 1. The van der Waals surface area contributed by atoms with Crippen LogP contribution < -0.4 is 4.90 Å². The molecule has 1 fully saturated rings. The first-order valence-corrected chi connectivity index (χ1v) is 8.98. The lowest BCUT2D eigenvalue weighted by molar-refractivity contribution is 0.0688. The highest BCUT2D eigenvalue weighted by molar-refractivity contribution is 7.17. The first-order valence-electron chi connectivity index (χ1n) is 7.79. The second kappa shape index (κ2) is 6.64. The van der Waals surface area contributed by atoms with Gasteiger partial charge in [0, 0.05) is 20.1 Å². The average molecular weight is 384 g/mol. The molecule has 2 aromatic heterocycles. The average Bonchev–Trinajstić information content (AvgIpc) is 3.07. The molecule has 3 rings (SSSR count). The molecule has 25 heavy (non-hydrogen) atoms. The molecule has 3 heterocycles. The highest BCUT2D eigenvalue weighted by Gasteiger charge is 2.36. The lowest BCUT2D eigenvalue weighted by Gasteiger charge is -2.43. The summed E-state index contributed by atoms with van der Waals surface area (Å²) in [6.07, 6.45) is 0.676. The number of carbonyl (C=O) groups excluding carboxylic acids is 1. The van der Waals surface area contributed by atoms with Gasteiger partial charge in [0.2, 0.25) is 0 Å². The first kappa shape index (κ1) is 17.7. The van der Waals surface area contributed by atoms with E-state index in [0.717, 1.165) is 17.0 Å². The Bertz CT molecular complexity index is 827. The van der Waals surface area contributed by atoms with Gasteiger partial charge in [-0.3, -0.25) is 4.79 Å². The lowest BCUT2D eigenvalue weighted by atomic mass is 10.1. The number of aromatic amines is 1. The Morgan fingerprint density at radius 3 is 2.64 bits per heavy atom. The number of imidazole rings is 1. The number of halogens is 1. The quantitative estimate of drug-likeness (QED) is 0.819. The fourth-order valence-electron chi connectivity index (χ4n) is 2.63. The maximum Gasteiger partial charge on any atom is 0.347 e. The molecule has 0 radical (unpaired) electrons. The van der Waals surface area contributed by atoms with Gasteiger partial charge in [0.05, 0.1) is 17.4 Å². The number of carboxylic acid groups (broad SMARTS) is 1.